The highest BCUT2D eigenvalue weighted by molar-refractivity contribution is 8.01. The van der Waals surface area contributed by atoms with E-state index in [1.54, 1.807) is 5.38 Å². The summed E-state index contributed by atoms with van der Waals surface area (Å²) in [6, 6.07) is 12.5. The number of nitrogen functional groups attached to an aromatic ring is 1. The van der Waals surface area contributed by atoms with Crippen LogP contribution in [0.3, 0.4) is 0 Å². The van der Waals surface area contributed by atoms with Crippen LogP contribution < -0.4 is 22.2 Å². The maximum Gasteiger partial charge on any atom is 0.352 e. The third kappa shape index (κ3) is 6.01. The number of nitrogens with two attached hydrogens (primary N) is 1. The molecule has 2 aromatic carbocycles. The van der Waals surface area contributed by atoms with Gasteiger partial charge in [0.25, 0.3) is 11.8 Å². The van der Waals surface area contributed by atoms with E-state index in [0.29, 0.717) is 5.57 Å². The van der Waals surface area contributed by atoms with Crippen molar-refractivity contribution >= 4 is 74.3 Å². The van der Waals surface area contributed by atoms with E-state index in [-0.39, 0.29) is 45.5 Å². The van der Waals surface area contributed by atoms with E-state index in [4.69, 9.17) is 10.6 Å². The van der Waals surface area contributed by atoms with Crippen molar-refractivity contribution in [3.05, 3.63) is 91.1 Å². The van der Waals surface area contributed by atoms with Gasteiger partial charge in [-0.25, -0.2) is 9.78 Å². The molecule has 1 saturated heterocycles. The van der Waals surface area contributed by atoms with Crippen molar-refractivity contribution in [2.24, 2.45) is 12.2 Å². The summed E-state index contributed by atoms with van der Waals surface area (Å²) in [5.41, 5.74) is 4.99. The average Bonchev–Trinajstić information content (AvgIpc) is 3.47. The molecule has 2 aliphatic rings. The number of carboxylic acid groups (broad SMARTS) is 1. The van der Waals surface area contributed by atoms with Gasteiger partial charge in [-0.05, 0) is 21.9 Å². The Kier molecular flexibility index (Phi) is 8.65. The number of anilines is 1. The highest BCUT2D eigenvalue weighted by Gasteiger charge is 2.54. The van der Waals surface area contributed by atoms with Crippen LogP contribution in [-0.2, 0) is 32.9 Å². The van der Waals surface area contributed by atoms with Crippen LogP contribution in [0, 0.1) is 0 Å². The number of carbonyl (C=O) groups is 3. The molecule has 15 nitrogen and oxygen atoms in total. The highest BCUT2D eigenvalue weighted by Crippen LogP contribution is 2.41. The first kappa shape index (κ1) is 31.1. The van der Waals surface area contributed by atoms with Crippen LogP contribution in [0.2, 0.25) is 0 Å². The van der Waals surface area contributed by atoms with Gasteiger partial charge in [0.1, 0.15) is 29.4 Å². The number of thiazole rings is 1. The number of nitrogens with one attached hydrogen (secondary N) is 2. The largest absolute Gasteiger partial charge is 0.477 e. The van der Waals surface area contributed by atoms with Crippen molar-refractivity contribution in [3.8, 4) is 0 Å². The zero-order valence-corrected chi connectivity index (χ0v) is 26.3. The predicted octanol–water partition coefficient (Wildman–Crippen LogP) is 1.11. The third-order valence-electron chi connectivity index (χ3n) is 7.09. The highest BCUT2D eigenvalue weighted by atomic mass is 32.2. The Labute approximate surface area is 271 Å². The Balaban J connectivity index is 1.18. The molecule has 2 aliphatic heterocycles. The molecule has 0 bridgehead atoms. The number of fused-ring (bicyclic) bond motifs is 2. The molecule has 4 heterocycles. The smallest absolute Gasteiger partial charge is 0.352 e. The molecule has 0 spiro atoms. The van der Waals surface area contributed by atoms with Crippen LogP contribution >= 0.6 is 34.9 Å². The van der Waals surface area contributed by atoms with Gasteiger partial charge in [0.05, 0.1) is 0 Å². The third-order valence-corrected chi connectivity index (χ3v) is 10.2. The molecule has 2 aromatic heterocycles. The first-order chi connectivity index (χ1) is 22.1. The summed E-state index contributed by atoms with van der Waals surface area (Å²) >= 11 is 3.42. The second-order valence-electron chi connectivity index (χ2n) is 10.0. The van der Waals surface area contributed by atoms with Gasteiger partial charge in [-0.15, -0.1) is 23.1 Å². The number of aromatic amines is 1. The summed E-state index contributed by atoms with van der Waals surface area (Å²) in [6.07, 6.45) is 0. The number of oxime groups is 1. The number of nitrogens with zero attached hydrogens (tertiary/aromatic N) is 5. The van der Waals surface area contributed by atoms with Gasteiger partial charge >= 0.3 is 17.1 Å². The van der Waals surface area contributed by atoms with E-state index in [1.807, 2.05) is 42.5 Å². The second kappa shape index (κ2) is 12.8. The normalized spacial score (nSPS) is 17.9. The molecule has 2 atom stereocenters. The van der Waals surface area contributed by atoms with Crippen molar-refractivity contribution in [1.82, 2.24) is 30.0 Å². The van der Waals surface area contributed by atoms with E-state index in [2.05, 4.69) is 25.5 Å². The Morgan fingerprint density at radius 3 is 2.74 bits per heavy atom. The molecule has 2 amide bonds. The number of aliphatic carboxylic acids is 1. The number of carboxylic acids is 1. The topological polar surface area (TPSA) is 215 Å². The number of rotatable bonds is 10. The van der Waals surface area contributed by atoms with E-state index < -0.39 is 40.3 Å². The zero-order valence-electron chi connectivity index (χ0n) is 23.8. The summed E-state index contributed by atoms with van der Waals surface area (Å²) in [7, 11) is 1.49. The molecule has 46 heavy (non-hydrogen) atoms. The molecular formula is C28H24N8O7S3. The summed E-state index contributed by atoms with van der Waals surface area (Å²) in [6.45, 7) is 0.0582. The van der Waals surface area contributed by atoms with Crippen molar-refractivity contribution < 1.29 is 24.3 Å². The Morgan fingerprint density at radius 2 is 1.98 bits per heavy atom. The minimum atomic E-state index is -1.32. The van der Waals surface area contributed by atoms with Crippen LogP contribution in [0.1, 0.15) is 11.3 Å². The van der Waals surface area contributed by atoms with Gasteiger partial charge in [0, 0.05) is 23.9 Å². The lowest BCUT2D eigenvalue weighted by Gasteiger charge is -2.49. The second-order valence-corrected chi connectivity index (χ2v) is 13.0. The number of hydrogen-bond donors (Lipinski definition) is 4. The lowest BCUT2D eigenvalue weighted by molar-refractivity contribution is -0.150. The fraction of sp³-hybridized carbons (Fsp3) is 0.214. The molecule has 1 fully saturated rings. The minimum absolute atomic E-state index is 0.0582. The van der Waals surface area contributed by atoms with Crippen molar-refractivity contribution in [3.63, 3.8) is 0 Å². The SMILES string of the molecule is Cn1[nH]c(=O)c(=O)nc1SCC1=C(C(=O)O)N2C(=O)[C@@H](NC(=O)C(=NOCc3cccc4ccccc34)c3csc(N)n3)[C@H]2SC1. The number of aryl methyl sites for hydroxylation is 1. The van der Waals surface area contributed by atoms with Crippen molar-refractivity contribution in [2.45, 2.75) is 23.2 Å². The summed E-state index contributed by atoms with van der Waals surface area (Å²) in [4.78, 5) is 76.9. The molecule has 0 radical (unpaired) electrons. The maximum atomic E-state index is 13.5. The number of β-lactam (4-membered cyclic amide) rings is 1. The van der Waals surface area contributed by atoms with Gasteiger partial charge < -0.3 is 21.0 Å². The predicted molar refractivity (Wildman–Crippen MR) is 172 cm³/mol. The van der Waals surface area contributed by atoms with E-state index in [1.165, 1.54) is 23.5 Å². The molecule has 236 valence electrons. The fourth-order valence-electron chi connectivity index (χ4n) is 4.93. The monoisotopic (exact) mass is 680 g/mol. The number of thioether (sulfide) groups is 2. The van der Waals surface area contributed by atoms with E-state index in [0.717, 1.165) is 44.3 Å². The van der Waals surface area contributed by atoms with Crippen molar-refractivity contribution in [2.75, 3.05) is 17.2 Å². The van der Waals surface area contributed by atoms with Crippen molar-refractivity contribution in [1.29, 1.82) is 0 Å². The van der Waals surface area contributed by atoms with Gasteiger partial charge in [-0.2, -0.15) is 4.98 Å². The lowest BCUT2D eigenvalue weighted by Crippen LogP contribution is -2.71. The number of hydrogen-bond acceptors (Lipinski definition) is 13. The van der Waals surface area contributed by atoms with Crippen LogP contribution in [0.5, 0.6) is 0 Å². The van der Waals surface area contributed by atoms with Gasteiger partial charge in [0.15, 0.2) is 16.0 Å². The summed E-state index contributed by atoms with van der Waals surface area (Å²) in [5.74, 6) is -2.36. The Hall–Kier alpha value is -4.94. The number of H-pyrrole nitrogens is 1. The van der Waals surface area contributed by atoms with Crippen LogP contribution in [0.15, 0.2) is 79.0 Å². The average molecular weight is 681 g/mol. The Morgan fingerprint density at radius 1 is 1.20 bits per heavy atom. The first-order valence-electron chi connectivity index (χ1n) is 13.5. The number of benzene rings is 2. The molecule has 0 unspecified atom stereocenters. The van der Waals surface area contributed by atoms with Gasteiger partial charge in [-0.3, -0.25) is 33.9 Å². The number of amides is 2. The molecule has 5 N–H and O–H groups in total. The molecule has 0 saturated carbocycles. The zero-order chi connectivity index (χ0) is 32.5. The standard InChI is InChI=1S/C28H24N8O7S3/c1-35-28(32-22(38)23(39)33-35)46-11-15-10-44-25-19(24(40)36(25)20(15)26(41)42)31-21(37)18(17-12-45-27(29)30-17)34-43-9-14-7-4-6-13-5-2-3-8-16(13)14/h2-8,12,19,25H,9-11H2,1H3,(H2,29,30)(H,31,37)(H,33,39)(H,41,42)/t19-,25-/m1/s1. The summed E-state index contributed by atoms with van der Waals surface area (Å²) < 4.78 is 1.26. The van der Waals surface area contributed by atoms with Crippen LogP contribution in [0.25, 0.3) is 10.8 Å². The van der Waals surface area contributed by atoms with Gasteiger partial charge in [-0.1, -0.05) is 59.4 Å². The van der Waals surface area contributed by atoms with Gasteiger partial charge in [0.2, 0.25) is 0 Å². The summed E-state index contributed by atoms with van der Waals surface area (Å²) in [5, 5.41) is 22.3. The van der Waals surface area contributed by atoms with E-state index >= 15 is 0 Å². The molecular weight excluding hydrogens is 657 g/mol. The minimum Gasteiger partial charge on any atom is -0.477 e. The number of carbonyl (C=O) groups excluding carboxylic acids is 2. The molecule has 6 rings (SSSR count). The molecule has 4 aromatic rings. The van der Waals surface area contributed by atoms with Crippen LogP contribution in [-0.4, -0.2) is 76.2 Å². The Bertz CT molecular complexity index is 2070. The first-order valence-corrected chi connectivity index (χ1v) is 16.4. The lowest BCUT2D eigenvalue weighted by atomic mass is 10.0. The maximum absolute atomic E-state index is 13.5. The quantitative estimate of drug-likeness (QED) is 0.0610. The molecule has 0 aliphatic carbocycles. The molecule has 18 heteroatoms. The van der Waals surface area contributed by atoms with E-state index in [9.17, 15) is 29.1 Å². The number of aromatic nitrogens is 4. The fourth-order valence-corrected chi connectivity index (χ4v) is 7.88. The van der Waals surface area contributed by atoms with Crippen LogP contribution in [0.4, 0.5) is 5.13 Å².